The van der Waals surface area contributed by atoms with Crippen LogP contribution in [0.5, 0.6) is 11.5 Å². The number of carbonyl (C=O) groups is 3. The molecule has 15 heteroatoms. The van der Waals surface area contributed by atoms with E-state index in [1.54, 1.807) is 84.9 Å². The molecule has 7 N–H and O–H groups in total. The number of hydrogen-bond acceptors (Lipinski definition) is 11. The van der Waals surface area contributed by atoms with Gasteiger partial charge in [0.15, 0.2) is 6.61 Å². The molecule has 2 atom stereocenters. The summed E-state index contributed by atoms with van der Waals surface area (Å²) in [7, 11) is 0. The molecule has 6 aromatic rings. The molecule has 2 aliphatic rings. The number of H-pyrrole nitrogens is 1. The number of phenolic OH excluding ortho intramolecular Hbond substituents is 1. The number of phenols is 1. The third-order valence-electron chi connectivity index (χ3n) is 12.6. The normalized spacial score (nSPS) is 17.7. The number of ether oxygens (including phenoxy) is 2. The number of esters is 1. The smallest absolute Gasteiger partial charge is 0.347 e. The number of benzene rings is 5. The summed E-state index contributed by atoms with van der Waals surface area (Å²) in [5, 5.41) is 43.0. The number of likely N-dealkylation sites (tertiary alicyclic amines) is 1. The molecule has 2 amide bonds. The van der Waals surface area contributed by atoms with E-state index in [1.807, 2.05) is 18.2 Å². The highest BCUT2D eigenvalue weighted by Gasteiger charge is 2.42. The molecule has 0 bridgehead atoms. The van der Waals surface area contributed by atoms with Gasteiger partial charge in [0, 0.05) is 48.7 Å². The van der Waals surface area contributed by atoms with Crippen LogP contribution in [0.1, 0.15) is 70.0 Å². The summed E-state index contributed by atoms with van der Waals surface area (Å²) in [5.41, 5.74) is 1.28. The van der Waals surface area contributed by atoms with Crippen LogP contribution >= 0.6 is 11.6 Å². The Balaban J connectivity index is 0.774. The lowest BCUT2D eigenvalue weighted by Gasteiger charge is -2.36. The molecule has 1 aliphatic heterocycles. The summed E-state index contributed by atoms with van der Waals surface area (Å²) >= 11 is 6.53. The summed E-state index contributed by atoms with van der Waals surface area (Å²) in [6.45, 7) is 3.07. The molecule has 0 spiro atoms. The van der Waals surface area contributed by atoms with Crippen molar-refractivity contribution < 1.29 is 39.2 Å². The van der Waals surface area contributed by atoms with Crippen LogP contribution in [0, 0.1) is 5.92 Å². The zero-order valence-corrected chi connectivity index (χ0v) is 37.6. The minimum atomic E-state index is -2.12. The number of hydrogen-bond donors (Lipinski definition) is 7. The molecule has 1 aromatic heterocycles. The van der Waals surface area contributed by atoms with Crippen molar-refractivity contribution in [3.8, 4) is 11.5 Å². The van der Waals surface area contributed by atoms with Gasteiger partial charge in [-0.15, -0.1) is 0 Å². The lowest BCUT2D eigenvalue weighted by atomic mass is 9.86. The summed E-state index contributed by atoms with van der Waals surface area (Å²) in [6, 6.07) is 36.1. The minimum absolute atomic E-state index is 0.0878. The van der Waals surface area contributed by atoms with Gasteiger partial charge in [-0.3, -0.25) is 19.3 Å². The Bertz CT molecular complexity index is 2740. The van der Waals surface area contributed by atoms with Crippen molar-refractivity contribution in [2.24, 2.45) is 5.92 Å². The number of aromatic nitrogens is 1. The molecule has 348 valence electrons. The standard InChI is InChI=1S/C52H54ClN5O9/c53-44-24-35(28-54-29-46(60)41-16-18-45(59)49-42(41)17-19-47(61)57-49)14-15-43(44)50(63)56-39-26-38(27-39)55-48(62)32-66-40-13-7-12-37(25-40)52(65,36-10-5-2-6-11-36)51(64)67-31-34-20-22-58(23-21-34)30-33-8-3-1-4-9-33/h1-19,24-25,34,38-39,46,54,59-60,65H,20-23,26-32H2,(H,55,62)(H,56,63)(H,57,61)/t38?,39?,46-,52-/m0/s1. The van der Waals surface area contributed by atoms with Crippen LogP contribution in [-0.2, 0) is 33.0 Å². The maximum atomic E-state index is 13.8. The average Bonchev–Trinajstić information content (AvgIpc) is 3.33. The molecule has 1 aliphatic carbocycles. The Morgan fingerprint density at radius 2 is 1.54 bits per heavy atom. The van der Waals surface area contributed by atoms with Gasteiger partial charge in [-0.25, -0.2) is 4.79 Å². The van der Waals surface area contributed by atoms with Crippen LogP contribution in [0.25, 0.3) is 10.9 Å². The third kappa shape index (κ3) is 11.5. The van der Waals surface area contributed by atoms with E-state index in [0.29, 0.717) is 41.5 Å². The van der Waals surface area contributed by atoms with E-state index in [-0.39, 0.29) is 82.7 Å². The molecular formula is C52H54ClN5O9. The highest BCUT2D eigenvalue weighted by Crippen LogP contribution is 2.34. The first kappa shape index (κ1) is 47.0. The number of rotatable bonds is 18. The van der Waals surface area contributed by atoms with Gasteiger partial charge in [0.2, 0.25) is 11.2 Å². The van der Waals surface area contributed by atoms with E-state index in [2.05, 4.69) is 38.0 Å². The lowest BCUT2D eigenvalue weighted by molar-refractivity contribution is -0.164. The summed E-state index contributed by atoms with van der Waals surface area (Å²) in [5.74, 6) is -1.11. The number of aliphatic hydroxyl groups excluding tert-OH is 1. The Kier molecular flexibility index (Phi) is 15.0. The Morgan fingerprint density at radius 3 is 2.28 bits per heavy atom. The summed E-state index contributed by atoms with van der Waals surface area (Å²) < 4.78 is 11.7. The van der Waals surface area contributed by atoms with Gasteiger partial charge < -0.3 is 45.7 Å². The van der Waals surface area contributed by atoms with E-state index in [4.69, 9.17) is 21.1 Å². The Morgan fingerprint density at radius 1 is 0.821 bits per heavy atom. The van der Waals surface area contributed by atoms with Gasteiger partial charge in [-0.2, -0.15) is 0 Å². The molecule has 1 saturated heterocycles. The van der Waals surface area contributed by atoms with Gasteiger partial charge >= 0.3 is 5.97 Å². The van der Waals surface area contributed by atoms with Gasteiger partial charge in [-0.05, 0) is 103 Å². The second-order valence-electron chi connectivity index (χ2n) is 17.3. The Hall–Kier alpha value is -6.55. The number of aromatic hydroxyl groups is 1. The van der Waals surface area contributed by atoms with Crippen molar-refractivity contribution in [1.29, 1.82) is 0 Å². The topological polar surface area (TPSA) is 203 Å². The predicted octanol–water partition coefficient (Wildman–Crippen LogP) is 5.86. The second-order valence-corrected chi connectivity index (χ2v) is 17.8. The first-order valence-corrected chi connectivity index (χ1v) is 22.9. The monoisotopic (exact) mass is 927 g/mol. The number of fused-ring (bicyclic) bond motifs is 1. The molecule has 1 saturated carbocycles. The molecule has 14 nitrogen and oxygen atoms in total. The SMILES string of the molecule is O=C(COc1cccc([C@](O)(C(=O)OCC2CCN(Cc3ccccc3)CC2)c2ccccc2)c1)NC1CC(NC(=O)c2ccc(CNC[C@H](O)c3ccc(O)c4[nH]c(=O)ccc34)cc2Cl)C1. The first-order chi connectivity index (χ1) is 32.4. The van der Waals surface area contributed by atoms with E-state index >= 15 is 0 Å². The number of aliphatic hydroxyl groups is 2. The maximum absolute atomic E-state index is 13.8. The maximum Gasteiger partial charge on any atom is 0.347 e. The quantitative estimate of drug-likeness (QED) is 0.0510. The molecule has 2 fully saturated rings. The highest BCUT2D eigenvalue weighted by atomic mass is 35.5. The van der Waals surface area contributed by atoms with E-state index in [1.165, 1.54) is 17.7 Å². The van der Waals surface area contributed by atoms with Crippen molar-refractivity contribution in [2.75, 3.05) is 32.8 Å². The minimum Gasteiger partial charge on any atom is -0.506 e. The number of piperidine rings is 1. The molecule has 8 rings (SSSR count). The number of amides is 2. The molecule has 0 unspecified atom stereocenters. The number of carbonyl (C=O) groups excluding carboxylic acids is 3. The van der Waals surface area contributed by atoms with Crippen molar-refractivity contribution in [1.82, 2.24) is 25.8 Å². The highest BCUT2D eigenvalue weighted by molar-refractivity contribution is 6.33. The largest absolute Gasteiger partial charge is 0.506 e. The number of nitrogens with one attached hydrogen (secondary N) is 4. The number of aromatic amines is 1. The van der Waals surface area contributed by atoms with E-state index < -0.39 is 17.7 Å². The van der Waals surface area contributed by atoms with Gasteiger partial charge in [0.05, 0.1) is 28.8 Å². The van der Waals surface area contributed by atoms with Crippen molar-refractivity contribution >= 4 is 40.3 Å². The lowest BCUT2D eigenvalue weighted by Crippen LogP contribution is -2.54. The number of halogens is 1. The van der Waals surface area contributed by atoms with Crippen LogP contribution < -0.4 is 26.2 Å². The van der Waals surface area contributed by atoms with Gasteiger partial charge in [-0.1, -0.05) is 96.5 Å². The van der Waals surface area contributed by atoms with Crippen molar-refractivity contribution in [3.05, 3.63) is 176 Å². The molecule has 0 radical (unpaired) electrons. The van der Waals surface area contributed by atoms with E-state index in [0.717, 1.165) is 38.0 Å². The summed E-state index contributed by atoms with van der Waals surface area (Å²) in [6.07, 6.45) is 1.85. The third-order valence-corrected chi connectivity index (χ3v) is 12.9. The van der Waals surface area contributed by atoms with Crippen LogP contribution in [0.15, 0.2) is 132 Å². The number of pyridine rings is 1. The fourth-order valence-electron chi connectivity index (χ4n) is 8.74. The van der Waals surface area contributed by atoms with Crippen LogP contribution in [0.2, 0.25) is 5.02 Å². The fraction of sp³-hybridized carbons (Fsp3) is 0.308. The molecular weight excluding hydrogens is 874 g/mol. The van der Waals surface area contributed by atoms with Gasteiger partial charge in [0.1, 0.15) is 11.5 Å². The van der Waals surface area contributed by atoms with Gasteiger partial charge in [0.25, 0.3) is 11.8 Å². The van der Waals surface area contributed by atoms with Crippen molar-refractivity contribution in [2.45, 2.75) is 62.6 Å². The summed E-state index contributed by atoms with van der Waals surface area (Å²) in [4.78, 5) is 56.7. The Labute approximate surface area is 392 Å². The first-order valence-electron chi connectivity index (χ1n) is 22.5. The fourth-order valence-corrected chi connectivity index (χ4v) is 9.03. The second kappa shape index (κ2) is 21.4. The zero-order chi connectivity index (χ0) is 46.9. The average molecular weight is 928 g/mol. The van der Waals surface area contributed by atoms with Crippen LogP contribution in [0.4, 0.5) is 0 Å². The number of nitrogens with zero attached hydrogens (tertiary/aromatic N) is 1. The van der Waals surface area contributed by atoms with E-state index in [9.17, 15) is 34.5 Å². The zero-order valence-electron chi connectivity index (χ0n) is 36.8. The van der Waals surface area contributed by atoms with Crippen molar-refractivity contribution in [3.63, 3.8) is 0 Å². The van der Waals surface area contributed by atoms with Crippen LogP contribution in [-0.4, -0.2) is 87.9 Å². The predicted molar refractivity (Wildman–Crippen MR) is 254 cm³/mol. The molecule has 5 aromatic carbocycles. The van der Waals surface area contributed by atoms with Crippen LogP contribution in [0.3, 0.4) is 0 Å². The molecule has 67 heavy (non-hydrogen) atoms. The molecule has 2 heterocycles.